The molecule has 136 valence electrons. The molecule has 0 aliphatic heterocycles. The smallest absolute Gasteiger partial charge is 0.344 e. The molecule has 0 aliphatic carbocycles. The summed E-state index contributed by atoms with van der Waals surface area (Å²) in [5, 5.41) is 0. The number of aromatic nitrogens is 4. The van der Waals surface area contributed by atoms with E-state index in [1.807, 2.05) is 0 Å². The van der Waals surface area contributed by atoms with Gasteiger partial charge in [0, 0.05) is 14.1 Å². The standard InChI is InChI=1S/C15H20N4O6/c1-15(2,3)25-10(21)7-24-9(20)6-19-8-16-12-11(19)13(22)18(5)14(23)17(12)4/h8H,6-7H2,1-5H3. The lowest BCUT2D eigenvalue weighted by atomic mass is 10.2. The normalized spacial score (nSPS) is 11.6. The first kappa shape index (κ1) is 18.4. The minimum atomic E-state index is -0.735. The van der Waals surface area contributed by atoms with E-state index in [1.54, 1.807) is 20.8 Å². The molecule has 0 saturated carbocycles. The predicted octanol–water partition coefficient (Wildman–Crippen LogP) is -0.681. The SMILES string of the molecule is Cn1c(=O)c2c(ncn2CC(=O)OCC(=O)OC(C)(C)C)n(C)c1=O. The first-order valence-electron chi connectivity index (χ1n) is 7.49. The van der Waals surface area contributed by atoms with E-state index in [4.69, 9.17) is 9.47 Å². The lowest BCUT2D eigenvalue weighted by Crippen LogP contribution is -2.37. The molecule has 0 aromatic carbocycles. The van der Waals surface area contributed by atoms with Crippen molar-refractivity contribution in [1.82, 2.24) is 18.7 Å². The fourth-order valence-corrected chi connectivity index (χ4v) is 2.21. The third kappa shape index (κ3) is 3.95. The van der Waals surface area contributed by atoms with Crippen molar-refractivity contribution in [3.8, 4) is 0 Å². The molecule has 0 saturated heterocycles. The Morgan fingerprint density at radius 1 is 1.12 bits per heavy atom. The van der Waals surface area contributed by atoms with Gasteiger partial charge in [-0.15, -0.1) is 0 Å². The van der Waals surface area contributed by atoms with Crippen LogP contribution in [0, 0.1) is 0 Å². The molecule has 25 heavy (non-hydrogen) atoms. The molecule has 2 heterocycles. The van der Waals surface area contributed by atoms with Gasteiger partial charge in [-0.2, -0.15) is 0 Å². The number of hydrogen-bond acceptors (Lipinski definition) is 7. The summed E-state index contributed by atoms with van der Waals surface area (Å²) in [7, 11) is 2.81. The number of rotatable bonds is 4. The van der Waals surface area contributed by atoms with Crippen LogP contribution in [0.25, 0.3) is 11.2 Å². The largest absolute Gasteiger partial charge is 0.457 e. The van der Waals surface area contributed by atoms with Gasteiger partial charge in [-0.3, -0.25) is 18.7 Å². The van der Waals surface area contributed by atoms with E-state index in [9.17, 15) is 19.2 Å². The molecule has 10 nitrogen and oxygen atoms in total. The van der Waals surface area contributed by atoms with Crippen molar-refractivity contribution in [3.05, 3.63) is 27.2 Å². The minimum absolute atomic E-state index is 0.0961. The zero-order chi connectivity index (χ0) is 18.9. The quantitative estimate of drug-likeness (QED) is 0.670. The Bertz CT molecular complexity index is 944. The van der Waals surface area contributed by atoms with Crippen molar-refractivity contribution in [1.29, 1.82) is 0 Å². The van der Waals surface area contributed by atoms with Gasteiger partial charge < -0.3 is 14.0 Å². The van der Waals surface area contributed by atoms with Crippen LogP contribution in [0.2, 0.25) is 0 Å². The molecule has 0 amide bonds. The van der Waals surface area contributed by atoms with E-state index >= 15 is 0 Å². The second kappa shape index (κ2) is 6.54. The van der Waals surface area contributed by atoms with E-state index in [0.29, 0.717) is 0 Å². The Morgan fingerprint density at radius 3 is 2.36 bits per heavy atom. The zero-order valence-electron chi connectivity index (χ0n) is 14.7. The Kier molecular flexibility index (Phi) is 4.82. The third-order valence-corrected chi connectivity index (χ3v) is 3.29. The van der Waals surface area contributed by atoms with Gasteiger partial charge >= 0.3 is 17.6 Å². The van der Waals surface area contributed by atoms with Crippen LogP contribution < -0.4 is 11.2 Å². The summed E-state index contributed by atoms with van der Waals surface area (Å²) in [6.45, 7) is 4.24. The monoisotopic (exact) mass is 352 g/mol. The summed E-state index contributed by atoms with van der Waals surface area (Å²) in [5.41, 5.74) is -1.52. The first-order chi connectivity index (χ1) is 11.5. The van der Waals surface area contributed by atoms with Crippen molar-refractivity contribution < 1.29 is 19.1 Å². The maximum Gasteiger partial charge on any atom is 0.344 e. The fraction of sp³-hybridized carbons (Fsp3) is 0.533. The summed E-state index contributed by atoms with van der Waals surface area (Å²) in [5.74, 6) is -1.41. The molecule has 0 bridgehead atoms. The molecule has 0 fully saturated rings. The van der Waals surface area contributed by atoms with Crippen molar-refractivity contribution >= 4 is 23.1 Å². The average molecular weight is 352 g/mol. The Balaban J connectivity index is 2.16. The molecule has 0 atom stereocenters. The van der Waals surface area contributed by atoms with Gasteiger partial charge in [-0.1, -0.05) is 0 Å². The number of esters is 2. The van der Waals surface area contributed by atoms with Gasteiger partial charge in [0.15, 0.2) is 17.8 Å². The Labute approximate surface area is 142 Å². The Hall–Kier alpha value is -2.91. The molecule has 0 radical (unpaired) electrons. The Morgan fingerprint density at radius 2 is 1.76 bits per heavy atom. The van der Waals surface area contributed by atoms with Crippen LogP contribution >= 0.6 is 0 Å². The molecular formula is C15H20N4O6. The molecule has 2 rings (SSSR count). The van der Waals surface area contributed by atoms with Crippen molar-refractivity contribution in [2.75, 3.05) is 6.61 Å². The number of hydrogen-bond donors (Lipinski definition) is 0. The molecular weight excluding hydrogens is 332 g/mol. The van der Waals surface area contributed by atoms with E-state index in [2.05, 4.69) is 4.98 Å². The van der Waals surface area contributed by atoms with E-state index in [-0.39, 0.29) is 17.7 Å². The molecule has 2 aromatic rings. The van der Waals surface area contributed by atoms with Gasteiger partial charge in [0.05, 0.1) is 6.33 Å². The van der Waals surface area contributed by atoms with E-state index in [1.165, 1.54) is 29.6 Å². The van der Waals surface area contributed by atoms with Crippen LogP contribution in [0.5, 0.6) is 0 Å². The molecule has 0 unspecified atom stereocenters. The van der Waals surface area contributed by atoms with Crippen molar-refractivity contribution in [2.45, 2.75) is 32.9 Å². The summed E-state index contributed by atoms with van der Waals surface area (Å²) in [6.07, 6.45) is 1.26. The second-order valence-corrected chi connectivity index (χ2v) is 6.50. The number of fused-ring (bicyclic) bond motifs is 1. The molecule has 2 aromatic heterocycles. The maximum atomic E-state index is 12.3. The van der Waals surface area contributed by atoms with E-state index < -0.39 is 35.4 Å². The zero-order valence-corrected chi connectivity index (χ0v) is 14.7. The maximum absolute atomic E-state index is 12.3. The number of aryl methyl sites for hydroxylation is 1. The molecule has 10 heteroatoms. The number of carbonyl (C=O) groups is 2. The lowest BCUT2D eigenvalue weighted by molar-refractivity contribution is -0.166. The van der Waals surface area contributed by atoms with Gasteiger partial charge in [0.2, 0.25) is 0 Å². The summed E-state index contributed by atoms with van der Waals surface area (Å²) >= 11 is 0. The topological polar surface area (TPSA) is 114 Å². The van der Waals surface area contributed by atoms with Gasteiger partial charge in [-0.05, 0) is 20.8 Å². The highest BCUT2D eigenvalue weighted by molar-refractivity contribution is 5.78. The molecule has 0 spiro atoms. The fourth-order valence-electron chi connectivity index (χ4n) is 2.21. The number of nitrogens with zero attached hydrogens (tertiary/aromatic N) is 4. The second-order valence-electron chi connectivity index (χ2n) is 6.50. The molecule has 0 aliphatic rings. The highest BCUT2D eigenvalue weighted by Crippen LogP contribution is 2.08. The summed E-state index contributed by atoms with van der Waals surface area (Å²) < 4.78 is 13.3. The van der Waals surface area contributed by atoms with Crippen LogP contribution in [0.4, 0.5) is 0 Å². The summed E-state index contributed by atoms with van der Waals surface area (Å²) in [6, 6.07) is 0. The van der Waals surface area contributed by atoms with Crippen LogP contribution in [0.15, 0.2) is 15.9 Å². The van der Waals surface area contributed by atoms with Crippen LogP contribution in [-0.2, 0) is 39.7 Å². The minimum Gasteiger partial charge on any atom is -0.457 e. The first-order valence-corrected chi connectivity index (χ1v) is 7.49. The number of ether oxygens (including phenoxy) is 2. The highest BCUT2D eigenvalue weighted by Gasteiger charge is 2.19. The van der Waals surface area contributed by atoms with Gasteiger partial charge in [0.25, 0.3) is 5.56 Å². The predicted molar refractivity (Wildman–Crippen MR) is 87.0 cm³/mol. The third-order valence-electron chi connectivity index (χ3n) is 3.29. The van der Waals surface area contributed by atoms with Gasteiger partial charge in [-0.25, -0.2) is 14.6 Å². The summed E-state index contributed by atoms with van der Waals surface area (Å²) in [4.78, 5) is 51.6. The van der Waals surface area contributed by atoms with Crippen LogP contribution in [-0.4, -0.2) is 42.8 Å². The van der Waals surface area contributed by atoms with Crippen molar-refractivity contribution in [3.63, 3.8) is 0 Å². The number of imidazole rings is 1. The average Bonchev–Trinajstić information content (AvgIpc) is 2.91. The molecule has 0 N–H and O–H groups in total. The van der Waals surface area contributed by atoms with Gasteiger partial charge in [0.1, 0.15) is 12.1 Å². The highest BCUT2D eigenvalue weighted by atomic mass is 16.6. The number of carbonyl (C=O) groups excluding carboxylic acids is 2. The van der Waals surface area contributed by atoms with Crippen LogP contribution in [0.3, 0.4) is 0 Å². The van der Waals surface area contributed by atoms with Crippen molar-refractivity contribution in [2.24, 2.45) is 14.1 Å². The van der Waals surface area contributed by atoms with E-state index in [0.717, 1.165) is 4.57 Å². The lowest BCUT2D eigenvalue weighted by Gasteiger charge is -2.19. The van der Waals surface area contributed by atoms with Crippen LogP contribution in [0.1, 0.15) is 20.8 Å².